The minimum atomic E-state index is -1.41. The van der Waals surface area contributed by atoms with Crippen molar-refractivity contribution in [1.82, 2.24) is 10.2 Å². The zero-order valence-electron chi connectivity index (χ0n) is 12.5. The summed E-state index contributed by atoms with van der Waals surface area (Å²) in [7, 11) is 0. The van der Waals surface area contributed by atoms with Crippen LogP contribution in [0.5, 0.6) is 0 Å². The van der Waals surface area contributed by atoms with E-state index in [4.69, 9.17) is 9.84 Å². The van der Waals surface area contributed by atoms with Crippen molar-refractivity contribution in [3.63, 3.8) is 0 Å². The zero-order chi connectivity index (χ0) is 16.4. The standard InChI is InChI=1S/C16H19FN2O4/c17-14-12(8-11-6-7-13(14)19(11)16(21)22)18-15(20)23-9-10-4-2-1-3-5-10/h1-5,11-14H,6-9H2,(H,18,20)(H,21,22)/t11-,12+,13+,14-/m1/s1. The van der Waals surface area contributed by atoms with Crippen LogP contribution in [0.25, 0.3) is 0 Å². The smallest absolute Gasteiger partial charge is 0.407 e. The summed E-state index contributed by atoms with van der Waals surface area (Å²) in [5, 5.41) is 11.7. The minimum absolute atomic E-state index is 0.116. The molecule has 1 aromatic rings. The van der Waals surface area contributed by atoms with Crippen molar-refractivity contribution in [3.05, 3.63) is 35.9 Å². The van der Waals surface area contributed by atoms with Gasteiger partial charge in [0, 0.05) is 6.04 Å². The SMILES string of the molecule is O=C(N[C@H]1C[C@H]2CC[C@@H]([C@@H]1F)N2C(=O)O)OCc1ccccc1. The number of amides is 2. The van der Waals surface area contributed by atoms with Crippen LogP contribution in [0.1, 0.15) is 24.8 Å². The molecule has 124 valence electrons. The van der Waals surface area contributed by atoms with Gasteiger partial charge in [0.2, 0.25) is 0 Å². The number of rotatable bonds is 3. The second-order valence-electron chi connectivity index (χ2n) is 5.98. The number of benzene rings is 1. The van der Waals surface area contributed by atoms with Crippen LogP contribution in [0.15, 0.2) is 30.3 Å². The third-order valence-corrected chi connectivity index (χ3v) is 4.56. The monoisotopic (exact) mass is 322 g/mol. The molecule has 1 aromatic carbocycles. The number of nitrogens with zero attached hydrogens (tertiary/aromatic N) is 1. The van der Waals surface area contributed by atoms with Gasteiger partial charge in [0.1, 0.15) is 12.8 Å². The minimum Gasteiger partial charge on any atom is -0.465 e. The Hall–Kier alpha value is -2.31. The molecule has 0 spiro atoms. The fraction of sp³-hybridized carbons (Fsp3) is 0.500. The molecular weight excluding hydrogens is 303 g/mol. The van der Waals surface area contributed by atoms with E-state index >= 15 is 0 Å². The molecule has 7 heteroatoms. The van der Waals surface area contributed by atoms with E-state index in [2.05, 4.69) is 5.32 Å². The summed E-state index contributed by atoms with van der Waals surface area (Å²) in [4.78, 5) is 24.2. The van der Waals surface area contributed by atoms with E-state index in [1.807, 2.05) is 30.3 Å². The molecule has 0 unspecified atom stereocenters. The van der Waals surface area contributed by atoms with Gasteiger partial charge >= 0.3 is 12.2 Å². The van der Waals surface area contributed by atoms with Crippen molar-refractivity contribution in [3.8, 4) is 0 Å². The lowest BCUT2D eigenvalue weighted by Crippen LogP contribution is -2.59. The van der Waals surface area contributed by atoms with E-state index in [0.717, 1.165) is 5.56 Å². The number of carbonyl (C=O) groups is 2. The van der Waals surface area contributed by atoms with Gasteiger partial charge in [0.25, 0.3) is 0 Å². The Kier molecular flexibility index (Phi) is 4.36. The third kappa shape index (κ3) is 3.23. The van der Waals surface area contributed by atoms with Crippen molar-refractivity contribution >= 4 is 12.2 Å². The molecule has 6 nitrogen and oxygen atoms in total. The molecule has 3 rings (SSSR count). The number of hydrogen-bond acceptors (Lipinski definition) is 3. The Labute approximate surface area is 133 Å². The number of carbonyl (C=O) groups excluding carboxylic acids is 1. The molecule has 2 fully saturated rings. The first-order valence-corrected chi connectivity index (χ1v) is 7.69. The zero-order valence-corrected chi connectivity index (χ0v) is 12.5. The lowest BCUT2D eigenvalue weighted by Gasteiger charge is -2.39. The highest BCUT2D eigenvalue weighted by molar-refractivity contribution is 5.69. The quantitative estimate of drug-likeness (QED) is 0.896. The van der Waals surface area contributed by atoms with E-state index in [-0.39, 0.29) is 19.1 Å². The van der Waals surface area contributed by atoms with E-state index < -0.39 is 30.4 Å². The molecule has 2 heterocycles. The number of fused-ring (bicyclic) bond motifs is 2. The highest BCUT2D eigenvalue weighted by Gasteiger charge is 2.50. The second-order valence-corrected chi connectivity index (χ2v) is 5.98. The van der Waals surface area contributed by atoms with Gasteiger partial charge in [0.15, 0.2) is 0 Å². The number of halogens is 1. The largest absolute Gasteiger partial charge is 0.465 e. The normalized spacial score (nSPS) is 29.2. The van der Waals surface area contributed by atoms with Gasteiger partial charge in [-0.2, -0.15) is 0 Å². The van der Waals surface area contributed by atoms with E-state index in [0.29, 0.717) is 12.8 Å². The van der Waals surface area contributed by atoms with Crippen LogP contribution in [0.4, 0.5) is 14.0 Å². The van der Waals surface area contributed by atoms with Crippen molar-refractivity contribution < 1.29 is 23.8 Å². The highest BCUT2D eigenvalue weighted by Crippen LogP contribution is 2.37. The Morgan fingerprint density at radius 2 is 2.04 bits per heavy atom. The first-order chi connectivity index (χ1) is 11.1. The molecule has 2 aliphatic heterocycles. The van der Waals surface area contributed by atoms with E-state index in [1.54, 1.807) is 0 Å². The Balaban J connectivity index is 1.54. The molecule has 0 saturated carbocycles. The molecule has 2 bridgehead atoms. The number of piperidine rings is 1. The summed E-state index contributed by atoms with van der Waals surface area (Å²) >= 11 is 0. The van der Waals surface area contributed by atoms with Gasteiger partial charge in [-0.05, 0) is 24.8 Å². The summed E-state index contributed by atoms with van der Waals surface area (Å²) in [6.07, 6.45) is -1.77. The van der Waals surface area contributed by atoms with Crippen LogP contribution in [0, 0.1) is 0 Å². The Morgan fingerprint density at radius 1 is 1.30 bits per heavy atom. The molecule has 23 heavy (non-hydrogen) atoms. The number of nitrogens with one attached hydrogen (secondary N) is 1. The number of alkyl carbamates (subject to hydrolysis) is 1. The maximum absolute atomic E-state index is 14.5. The molecule has 2 amide bonds. The van der Waals surface area contributed by atoms with Gasteiger partial charge in [0.05, 0.1) is 12.1 Å². The average Bonchev–Trinajstić information content (AvgIpc) is 2.89. The fourth-order valence-electron chi connectivity index (χ4n) is 3.50. The second kappa shape index (κ2) is 6.44. The molecule has 2 N–H and O–H groups in total. The van der Waals surface area contributed by atoms with Crippen molar-refractivity contribution in [1.29, 1.82) is 0 Å². The van der Waals surface area contributed by atoms with Gasteiger partial charge in [-0.3, -0.25) is 4.90 Å². The predicted octanol–water partition coefficient (Wildman–Crippen LogP) is 2.53. The Morgan fingerprint density at radius 3 is 2.74 bits per heavy atom. The first-order valence-electron chi connectivity index (χ1n) is 7.69. The topological polar surface area (TPSA) is 78.9 Å². The van der Waals surface area contributed by atoms with Crippen LogP contribution in [-0.2, 0) is 11.3 Å². The maximum Gasteiger partial charge on any atom is 0.407 e. The number of carboxylic acid groups (broad SMARTS) is 1. The number of hydrogen-bond donors (Lipinski definition) is 2. The van der Waals surface area contributed by atoms with Gasteiger partial charge in [-0.15, -0.1) is 0 Å². The maximum atomic E-state index is 14.5. The van der Waals surface area contributed by atoms with Crippen LogP contribution in [0.3, 0.4) is 0 Å². The summed E-state index contributed by atoms with van der Waals surface area (Å²) < 4.78 is 19.6. The van der Waals surface area contributed by atoms with E-state index in [9.17, 15) is 14.0 Å². The van der Waals surface area contributed by atoms with Crippen LogP contribution in [0.2, 0.25) is 0 Å². The lowest BCUT2D eigenvalue weighted by molar-refractivity contribution is 0.0387. The predicted molar refractivity (Wildman–Crippen MR) is 79.7 cm³/mol. The molecule has 4 atom stereocenters. The first kappa shape index (κ1) is 15.6. The van der Waals surface area contributed by atoms with Gasteiger partial charge in [-0.1, -0.05) is 30.3 Å². The highest BCUT2D eigenvalue weighted by atomic mass is 19.1. The number of alkyl halides is 1. The molecule has 0 aliphatic carbocycles. The van der Waals surface area contributed by atoms with Crippen LogP contribution >= 0.6 is 0 Å². The van der Waals surface area contributed by atoms with Gasteiger partial charge < -0.3 is 15.2 Å². The van der Waals surface area contributed by atoms with E-state index in [1.165, 1.54) is 4.90 Å². The summed E-state index contributed by atoms with van der Waals surface area (Å²) in [6, 6.07) is 7.60. The average molecular weight is 322 g/mol. The van der Waals surface area contributed by atoms with Crippen LogP contribution in [-0.4, -0.2) is 46.5 Å². The summed E-state index contributed by atoms with van der Waals surface area (Å²) in [6.45, 7) is 0.116. The lowest BCUT2D eigenvalue weighted by atomic mass is 9.96. The van der Waals surface area contributed by atoms with Crippen LogP contribution < -0.4 is 5.32 Å². The number of ether oxygens (including phenoxy) is 1. The molecule has 2 aliphatic rings. The summed E-state index contributed by atoms with van der Waals surface area (Å²) in [5.74, 6) is 0. The third-order valence-electron chi connectivity index (χ3n) is 4.56. The molecular formula is C16H19FN2O4. The van der Waals surface area contributed by atoms with Crippen molar-refractivity contribution in [2.75, 3.05) is 0 Å². The van der Waals surface area contributed by atoms with Crippen molar-refractivity contribution in [2.24, 2.45) is 0 Å². The molecule has 0 radical (unpaired) electrons. The van der Waals surface area contributed by atoms with Gasteiger partial charge in [-0.25, -0.2) is 14.0 Å². The molecule has 0 aromatic heterocycles. The fourth-order valence-corrected chi connectivity index (χ4v) is 3.50. The van der Waals surface area contributed by atoms with Crippen molar-refractivity contribution in [2.45, 2.75) is 50.2 Å². The molecule has 2 saturated heterocycles. The Bertz CT molecular complexity index is 583. The summed E-state index contributed by atoms with van der Waals surface area (Å²) in [5.41, 5.74) is 0.847.